The fourth-order valence-electron chi connectivity index (χ4n) is 3.16. The quantitative estimate of drug-likeness (QED) is 0.894. The predicted molar refractivity (Wildman–Crippen MR) is 93.7 cm³/mol. The number of para-hydroxylation sites is 1. The van der Waals surface area contributed by atoms with Gasteiger partial charge in [-0.2, -0.15) is 0 Å². The SMILES string of the molecule is CCCC(N)C(=O)N1CCN(C(=O)c2cc3ccccc3[nH]2)CC1. The first-order chi connectivity index (χ1) is 11.6. The smallest absolute Gasteiger partial charge is 0.270 e. The summed E-state index contributed by atoms with van der Waals surface area (Å²) in [7, 11) is 0. The Balaban J connectivity index is 1.62. The zero-order chi connectivity index (χ0) is 17.1. The molecule has 1 saturated heterocycles. The summed E-state index contributed by atoms with van der Waals surface area (Å²) in [6.45, 7) is 4.19. The lowest BCUT2D eigenvalue weighted by molar-refractivity contribution is -0.134. The summed E-state index contributed by atoms with van der Waals surface area (Å²) in [5.41, 5.74) is 7.46. The summed E-state index contributed by atoms with van der Waals surface area (Å²) >= 11 is 0. The van der Waals surface area contributed by atoms with E-state index in [-0.39, 0.29) is 11.8 Å². The molecule has 2 aromatic rings. The Labute approximate surface area is 141 Å². The zero-order valence-electron chi connectivity index (χ0n) is 14.0. The highest BCUT2D eigenvalue weighted by atomic mass is 16.2. The Hall–Kier alpha value is -2.34. The van der Waals surface area contributed by atoms with Gasteiger partial charge in [-0.3, -0.25) is 9.59 Å². The van der Waals surface area contributed by atoms with Crippen molar-refractivity contribution in [3.63, 3.8) is 0 Å². The highest BCUT2D eigenvalue weighted by Crippen LogP contribution is 2.17. The van der Waals surface area contributed by atoms with Gasteiger partial charge in [-0.25, -0.2) is 0 Å². The van der Waals surface area contributed by atoms with Crippen molar-refractivity contribution in [1.29, 1.82) is 0 Å². The van der Waals surface area contributed by atoms with Gasteiger partial charge in [0.25, 0.3) is 5.91 Å². The molecular weight excluding hydrogens is 304 g/mol. The normalized spacial score (nSPS) is 16.4. The number of benzene rings is 1. The third kappa shape index (κ3) is 3.28. The average Bonchev–Trinajstić information content (AvgIpc) is 3.05. The number of carbonyl (C=O) groups excluding carboxylic acids is 2. The molecule has 24 heavy (non-hydrogen) atoms. The first-order valence-corrected chi connectivity index (χ1v) is 8.51. The second-order valence-electron chi connectivity index (χ2n) is 6.28. The standard InChI is InChI=1S/C18H24N4O2/c1-2-5-14(19)17(23)21-8-10-22(11-9-21)18(24)16-12-13-6-3-4-7-15(13)20-16/h3-4,6-7,12,14,20H,2,5,8-11,19H2,1H3. The molecule has 0 aliphatic carbocycles. The molecule has 1 aromatic carbocycles. The fourth-order valence-corrected chi connectivity index (χ4v) is 3.16. The molecule has 0 bridgehead atoms. The predicted octanol–water partition coefficient (Wildman–Crippen LogP) is 1.58. The van der Waals surface area contributed by atoms with E-state index in [2.05, 4.69) is 4.98 Å². The zero-order valence-corrected chi connectivity index (χ0v) is 14.0. The van der Waals surface area contributed by atoms with E-state index in [1.807, 2.05) is 37.3 Å². The molecule has 6 nitrogen and oxygen atoms in total. The maximum absolute atomic E-state index is 12.6. The minimum absolute atomic E-state index is 0.00504. The third-order valence-electron chi connectivity index (χ3n) is 4.56. The number of rotatable bonds is 4. The maximum atomic E-state index is 12.6. The summed E-state index contributed by atoms with van der Waals surface area (Å²) in [6.07, 6.45) is 1.60. The minimum Gasteiger partial charge on any atom is -0.351 e. The Bertz CT molecular complexity index is 698. The van der Waals surface area contributed by atoms with Crippen molar-refractivity contribution in [3.8, 4) is 0 Å². The van der Waals surface area contributed by atoms with Gasteiger partial charge < -0.3 is 20.5 Å². The van der Waals surface area contributed by atoms with Crippen LogP contribution in [0.5, 0.6) is 0 Å². The molecule has 0 saturated carbocycles. The molecule has 2 amide bonds. The van der Waals surface area contributed by atoms with Crippen LogP contribution in [0.3, 0.4) is 0 Å². The molecule has 0 spiro atoms. The van der Waals surface area contributed by atoms with Crippen LogP contribution in [0, 0.1) is 0 Å². The topological polar surface area (TPSA) is 82.4 Å². The number of H-pyrrole nitrogens is 1. The number of hydrogen-bond donors (Lipinski definition) is 2. The van der Waals surface area contributed by atoms with Crippen molar-refractivity contribution in [2.24, 2.45) is 5.73 Å². The molecule has 3 rings (SSSR count). The molecule has 1 unspecified atom stereocenters. The van der Waals surface area contributed by atoms with Gasteiger partial charge in [0.05, 0.1) is 6.04 Å². The van der Waals surface area contributed by atoms with E-state index >= 15 is 0 Å². The third-order valence-corrected chi connectivity index (χ3v) is 4.56. The van der Waals surface area contributed by atoms with Crippen molar-refractivity contribution in [1.82, 2.24) is 14.8 Å². The number of aromatic nitrogens is 1. The van der Waals surface area contributed by atoms with Gasteiger partial charge in [-0.1, -0.05) is 31.5 Å². The molecule has 1 fully saturated rings. The molecule has 3 N–H and O–H groups in total. The lowest BCUT2D eigenvalue weighted by Crippen LogP contribution is -2.54. The Morgan fingerprint density at radius 2 is 1.83 bits per heavy atom. The van der Waals surface area contributed by atoms with Crippen LogP contribution in [-0.4, -0.2) is 58.8 Å². The van der Waals surface area contributed by atoms with Crippen LogP contribution in [0.1, 0.15) is 30.3 Å². The Kier molecular flexibility index (Phi) is 4.85. The van der Waals surface area contributed by atoms with E-state index in [4.69, 9.17) is 5.73 Å². The van der Waals surface area contributed by atoms with E-state index in [0.29, 0.717) is 38.3 Å². The number of amides is 2. The molecule has 2 heterocycles. The lowest BCUT2D eigenvalue weighted by atomic mass is 10.1. The van der Waals surface area contributed by atoms with Crippen LogP contribution in [0.15, 0.2) is 30.3 Å². The number of fused-ring (bicyclic) bond motifs is 1. The van der Waals surface area contributed by atoms with Crippen molar-refractivity contribution in [2.45, 2.75) is 25.8 Å². The first-order valence-electron chi connectivity index (χ1n) is 8.51. The van der Waals surface area contributed by atoms with Crippen molar-refractivity contribution in [2.75, 3.05) is 26.2 Å². The summed E-state index contributed by atoms with van der Waals surface area (Å²) < 4.78 is 0. The Morgan fingerprint density at radius 1 is 1.17 bits per heavy atom. The number of nitrogens with one attached hydrogen (secondary N) is 1. The molecule has 1 aliphatic heterocycles. The number of nitrogens with zero attached hydrogens (tertiary/aromatic N) is 2. The number of aromatic amines is 1. The molecule has 128 valence electrons. The summed E-state index contributed by atoms with van der Waals surface area (Å²) in [5.74, 6) is -0.0225. The average molecular weight is 328 g/mol. The van der Waals surface area contributed by atoms with Crippen molar-refractivity contribution >= 4 is 22.7 Å². The molecular formula is C18H24N4O2. The van der Waals surface area contributed by atoms with Crippen LogP contribution >= 0.6 is 0 Å². The van der Waals surface area contributed by atoms with Gasteiger partial charge in [0.1, 0.15) is 5.69 Å². The van der Waals surface area contributed by atoms with E-state index in [1.54, 1.807) is 9.80 Å². The van der Waals surface area contributed by atoms with Gasteiger partial charge in [-0.15, -0.1) is 0 Å². The monoisotopic (exact) mass is 328 g/mol. The molecule has 1 aromatic heterocycles. The second-order valence-corrected chi connectivity index (χ2v) is 6.28. The van der Waals surface area contributed by atoms with Gasteiger partial charge in [0.15, 0.2) is 0 Å². The number of nitrogens with two attached hydrogens (primary N) is 1. The van der Waals surface area contributed by atoms with Crippen LogP contribution in [0.2, 0.25) is 0 Å². The number of piperazine rings is 1. The van der Waals surface area contributed by atoms with Crippen LogP contribution < -0.4 is 5.73 Å². The van der Waals surface area contributed by atoms with Crippen LogP contribution in [0.4, 0.5) is 0 Å². The largest absolute Gasteiger partial charge is 0.351 e. The van der Waals surface area contributed by atoms with E-state index in [0.717, 1.165) is 17.3 Å². The fraction of sp³-hybridized carbons (Fsp3) is 0.444. The van der Waals surface area contributed by atoms with Gasteiger partial charge in [0.2, 0.25) is 5.91 Å². The number of carbonyl (C=O) groups is 2. The molecule has 6 heteroatoms. The summed E-state index contributed by atoms with van der Waals surface area (Å²) in [4.78, 5) is 31.6. The summed E-state index contributed by atoms with van der Waals surface area (Å²) in [5, 5.41) is 1.03. The maximum Gasteiger partial charge on any atom is 0.270 e. The highest BCUT2D eigenvalue weighted by Gasteiger charge is 2.27. The van der Waals surface area contributed by atoms with Crippen molar-refractivity contribution < 1.29 is 9.59 Å². The van der Waals surface area contributed by atoms with E-state index in [1.165, 1.54) is 0 Å². The second kappa shape index (κ2) is 7.05. The van der Waals surface area contributed by atoms with Gasteiger partial charge in [-0.05, 0) is 18.6 Å². The van der Waals surface area contributed by atoms with Gasteiger partial charge >= 0.3 is 0 Å². The van der Waals surface area contributed by atoms with Crippen LogP contribution in [-0.2, 0) is 4.79 Å². The van der Waals surface area contributed by atoms with Crippen LogP contribution in [0.25, 0.3) is 10.9 Å². The first kappa shape index (κ1) is 16.5. The van der Waals surface area contributed by atoms with Gasteiger partial charge in [0, 0.05) is 37.1 Å². The summed E-state index contributed by atoms with van der Waals surface area (Å²) in [6, 6.07) is 9.29. The van der Waals surface area contributed by atoms with E-state index < -0.39 is 6.04 Å². The number of hydrogen-bond acceptors (Lipinski definition) is 3. The minimum atomic E-state index is -0.425. The lowest BCUT2D eigenvalue weighted by Gasteiger charge is -2.35. The van der Waals surface area contributed by atoms with E-state index in [9.17, 15) is 9.59 Å². The molecule has 1 aliphatic rings. The highest BCUT2D eigenvalue weighted by molar-refractivity contribution is 5.98. The Morgan fingerprint density at radius 3 is 2.50 bits per heavy atom. The molecule has 1 atom stereocenters. The molecule has 0 radical (unpaired) electrons. The van der Waals surface area contributed by atoms with Crippen molar-refractivity contribution in [3.05, 3.63) is 36.0 Å².